The molecular formula is C16H16N2O2S2. The van der Waals surface area contributed by atoms with Gasteiger partial charge in [-0.25, -0.2) is 13.1 Å². The van der Waals surface area contributed by atoms with Gasteiger partial charge in [0.05, 0.1) is 10.5 Å². The van der Waals surface area contributed by atoms with Gasteiger partial charge in [0, 0.05) is 11.4 Å². The second-order valence-electron chi connectivity index (χ2n) is 4.60. The molecule has 0 amide bonds. The summed E-state index contributed by atoms with van der Waals surface area (Å²) in [5, 5.41) is 8.99. The van der Waals surface area contributed by atoms with Gasteiger partial charge in [-0.3, -0.25) is 0 Å². The predicted molar refractivity (Wildman–Crippen MR) is 88.3 cm³/mol. The Morgan fingerprint density at radius 1 is 1.14 bits per heavy atom. The molecule has 1 N–H and O–H groups in total. The number of nitrogens with zero attached hydrogens (tertiary/aromatic N) is 1. The van der Waals surface area contributed by atoms with E-state index in [1.807, 2.05) is 36.6 Å². The van der Waals surface area contributed by atoms with E-state index < -0.39 is 10.0 Å². The van der Waals surface area contributed by atoms with Crippen molar-refractivity contribution in [2.24, 2.45) is 0 Å². The average Bonchev–Trinajstić information content (AvgIpc) is 2.55. The molecule has 22 heavy (non-hydrogen) atoms. The van der Waals surface area contributed by atoms with Crippen molar-refractivity contribution >= 4 is 21.8 Å². The van der Waals surface area contributed by atoms with E-state index in [-0.39, 0.29) is 10.5 Å². The third kappa shape index (κ3) is 4.10. The molecule has 0 aliphatic heterocycles. The zero-order valence-corrected chi connectivity index (χ0v) is 13.7. The number of thioether (sulfide) groups is 1. The molecule has 0 bridgehead atoms. The quantitative estimate of drug-likeness (QED) is 0.826. The lowest BCUT2D eigenvalue weighted by atomic mass is 10.2. The van der Waals surface area contributed by atoms with Crippen molar-refractivity contribution in [3.8, 4) is 6.07 Å². The molecule has 2 rings (SSSR count). The van der Waals surface area contributed by atoms with Crippen LogP contribution in [0.3, 0.4) is 0 Å². The first-order valence-electron chi connectivity index (χ1n) is 6.68. The monoisotopic (exact) mass is 332 g/mol. The van der Waals surface area contributed by atoms with Crippen LogP contribution in [0.5, 0.6) is 0 Å². The highest BCUT2D eigenvalue weighted by Gasteiger charge is 2.17. The lowest BCUT2D eigenvalue weighted by Gasteiger charge is -2.08. The molecule has 6 heteroatoms. The second kappa shape index (κ2) is 7.45. The Balaban J connectivity index is 2.02. The molecule has 0 aromatic heterocycles. The summed E-state index contributed by atoms with van der Waals surface area (Å²) in [6.45, 7) is 0.292. The minimum Gasteiger partial charge on any atom is -0.211 e. The van der Waals surface area contributed by atoms with Gasteiger partial charge in [-0.15, -0.1) is 11.8 Å². The standard InChI is InChI=1S/C16H16N2O2S2/c1-21-15-8-6-13(7-9-15)10-11-18-22(19,20)16-5-3-2-4-14(16)12-17/h2-9,18H,10-11H2,1H3. The van der Waals surface area contributed by atoms with Crippen molar-refractivity contribution in [1.82, 2.24) is 4.72 Å². The topological polar surface area (TPSA) is 70.0 Å². The molecule has 0 unspecified atom stereocenters. The molecule has 0 aliphatic rings. The van der Waals surface area contributed by atoms with Crippen molar-refractivity contribution in [2.45, 2.75) is 16.2 Å². The highest BCUT2D eigenvalue weighted by atomic mass is 32.2. The number of hydrogen-bond donors (Lipinski definition) is 1. The molecule has 114 valence electrons. The van der Waals surface area contributed by atoms with E-state index >= 15 is 0 Å². The SMILES string of the molecule is CSc1ccc(CCNS(=O)(=O)c2ccccc2C#N)cc1. The average molecular weight is 332 g/mol. The van der Waals surface area contributed by atoms with E-state index in [1.165, 1.54) is 17.0 Å². The zero-order valence-electron chi connectivity index (χ0n) is 12.1. The van der Waals surface area contributed by atoms with E-state index in [0.717, 1.165) is 5.56 Å². The molecular weight excluding hydrogens is 316 g/mol. The van der Waals surface area contributed by atoms with Crippen LogP contribution in [-0.2, 0) is 16.4 Å². The van der Waals surface area contributed by atoms with Crippen LogP contribution in [-0.4, -0.2) is 21.2 Å². The normalized spacial score (nSPS) is 11.1. The number of rotatable bonds is 6. The predicted octanol–water partition coefficient (Wildman–Crippen LogP) is 2.80. The van der Waals surface area contributed by atoms with Crippen molar-refractivity contribution < 1.29 is 8.42 Å². The zero-order chi connectivity index (χ0) is 16.0. The van der Waals surface area contributed by atoms with Crippen LogP contribution in [0.15, 0.2) is 58.3 Å². The number of sulfonamides is 1. The lowest BCUT2D eigenvalue weighted by molar-refractivity contribution is 0.581. The molecule has 4 nitrogen and oxygen atoms in total. The molecule has 0 spiro atoms. The summed E-state index contributed by atoms with van der Waals surface area (Å²) >= 11 is 1.66. The van der Waals surface area contributed by atoms with Gasteiger partial charge in [0.25, 0.3) is 0 Å². The lowest BCUT2D eigenvalue weighted by Crippen LogP contribution is -2.26. The Labute approximate surface area is 135 Å². The second-order valence-corrected chi connectivity index (χ2v) is 7.22. The molecule has 0 radical (unpaired) electrons. The molecule has 0 fully saturated rings. The Bertz CT molecular complexity index is 779. The third-order valence-corrected chi connectivity index (χ3v) is 5.42. The van der Waals surface area contributed by atoms with Crippen molar-refractivity contribution in [3.63, 3.8) is 0 Å². The minimum atomic E-state index is -3.66. The van der Waals surface area contributed by atoms with Gasteiger partial charge in [0.2, 0.25) is 10.0 Å². The Kier molecular flexibility index (Phi) is 5.61. The molecule has 0 saturated heterocycles. The van der Waals surface area contributed by atoms with Gasteiger partial charge < -0.3 is 0 Å². The van der Waals surface area contributed by atoms with Crippen molar-refractivity contribution in [2.75, 3.05) is 12.8 Å². The maximum atomic E-state index is 12.2. The van der Waals surface area contributed by atoms with Crippen LogP contribution < -0.4 is 4.72 Å². The van der Waals surface area contributed by atoms with E-state index in [2.05, 4.69) is 4.72 Å². The smallest absolute Gasteiger partial charge is 0.211 e. The number of nitriles is 1. The van der Waals surface area contributed by atoms with Gasteiger partial charge in [0.15, 0.2) is 0 Å². The maximum absolute atomic E-state index is 12.2. The largest absolute Gasteiger partial charge is 0.241 e. The molecule has 0 saturated carbocycles. The highest BCUT2D eigenvalue weighted by Crippen LogP contribution is 2.16. The van der Waals surface area contributed by atoms with Crippen molar-refractivity contribution in [3.05, 3.63) is 59.7 Å². The highest BCUT2D eigenvalue weighted by molar-refractivity contribution is 7.98. The maximum Gasteiger partial charge on any atom is 0.241 e. The van der Waals surface area contributed by atoms with Crippen LogP contribution in [0, 0.1) is 11.3 Å². The molecule has 2 aromatic carbocycles. The number of hydrogen-bond acceptors (Lipinski definition) is 4. The summed E-state index contributed by atoms with van der Waals surface area (Å²) in [6.07, 6.45) is 2.61. The van der Waals surface area contributed by atoms with E-state index in [0.29, 0.717) is 13.0 Å². The van der Waals surface area contributed by atoms with Crippen LogP contribution in [0.4, 0.5) is 0 Å². The first-order valence-corrected chi connectivity index (χ1v) is 9.39. The fraction of sp³-hybridized carbons (Fsp3) is 0.188. The summed E-state index contributed by atoms with van der Waals surface area (Å²) < 4.78 is 27.0. The molecule has 2 aromatic rings. The van der Waals surface area contributed by atoms with Gasteiger partial charge in [0.1, 0.15) is 6.07 Å². The van der Waals surface area contributed by atoms with Gasteiger partial charge in [-0.05, 0) is 42.5 Å². The Hall–Kier alpha value is -1.81. The summed E-state index contributed by atoms with van der Waals surface area (Å²) in [5.41, 5.74) is 1.22. The summed E-state index contributed by atoms with van der Waals surface area (Å²) in [5.74, 6) is 0. The number of nitrogens with one attached hydrogen (secondary N) is 1. The molecule has 0 heterocycles. The Morgan fingerprint density at radius 2 is 1.82 bits per heavy atom. The fourth-order valence-corrected chi connectivity index (χ4v) is 3.59. The molecule has 0 aliphatic carbocycles. The van der Waals surface area contributed by atoms with Crippen LogP contribution >= 0.6 is 11.8 Å². The molecule has 0 atom stereocenters. The summed E-state index contributed by atoms with van der Waals surface area (Å²) in [6, 6.07) is 16.1. The number of benzene rings is 2. The van der Waals surface area contributed by atoms with Crippen LogP contribution in [0.2, 0.25) is 0 Å². The summed E-state index contributed by atoms with van der Waals surface area (Å²) in [4.78, 5) is 1.20. The summed E-state index contributed by atoms with van der Waals surface area (Å²) in [7, 11) is -3.66. The van der Waals surface area contributed by atoms with E-state index in [1.54, 1.807) is 23.9 Å². The minimum absolute atomic E-state index is 0.0234. The third-order valence-electron chi connectivity index (χ3n) is 3.16. The first-order chi connectivity index (χ1) is 10.6. The Morgan fingerprint density at radius 3 is 2.45 bits per heavy atom. The van der Waals surface area contributed by atoms with Gasteiger partial charge >= 0.3 is 0 Å². The van der Waals surface area contributed by atoms with E-state index in [4.69, 9.17) is 5.26 Å². The van der Waals surface area contributed by atoms with Crippen LogP contribution in [0.1, 0.15) is 11.1 Å². The van der Waals surface area contributed by atoms with Gasteiger partial charge in [-0.1, -0.05) is 24.3 Å². The van der Waals surface area contributed by atoms with E-state index in [9.17, 15) is 8.42 Å². The van der Waals surface area contributed by atoms with Crippen LogP contribution in [0.25, 0.3) is 0 Å². The van der Waals surface area contributed by atoms with Gasteiger partial charge in [-0.2, -0.15) is 5.26 Å². The van der Waals surface area contributed by atoms with Crippen molar-refractivity contribution in [1.29, 1.82) is 5.26 Å². The first kappa shape index (κ1) is 16.6. The fourth-order valence-electron chi connectivity index (χ4n) is 1.99.